The first-order valence-electron chi connectivity index (χ1n) is 4.88. The van der Waals surface area contributed by atoms with Gasteiger partial charge >= 0.3 is 0 Å². The maximum Gasteiger partial charge on any atom is 0.124 e. The molecule has 1 unspecified atom stereocenters. The fourth-order valence-corrected chi connectivity index (χ4v) is 3.70. The molecule has 0 fully saturated rings. The van der Waals surface area contributed by atoms with E-state index in [1.54, 1.807) is 0 Å². The molecule has 90 valence electrons. The van der Waals surface area contributed by atoms with Crippen molar-refractivity contribution in [2.75, 3.05) is 0 Å². The zero-order valence-electron chi connectivity index (χ0n) is 8.88. The van der Waals surface area contributed by atoms with Crippen molar-refractivity contribution in [2.45, 2.75) is 13.0 Å². The molecular formula is C12H9BrClFOS. The van der Waals surface area contributed by atoms with Gasteiger partial charge in [-0.3, -0.25) is 0 Å². The van der Waals surface area contributed by atoms with E-state index in [-0.39, 0.29) is 5.02 Å². The number of thiophene rings is 1. The summed E-state index contributed by atoms with van der Waals surface area (Å²) in [6, 6.07) is 5.93. The molecule has 2 rings (SSSR count). The van der Waals surface area contributed by atoms with Crippen molar-refractivity contribution in [2.24, 2.45) is 0 Å². The van der Waals surface area contributed by atoms with Crippen LogP contribution in [0.4, 0.5) is 4.39 Å². The number of halogens is 3. The molecule has 0 aliphatic rings. The van der Waals surface area contributed by atoms with Gasteiger partial charge in [0.1, 0.15) is 11.9 Å². The quantitative estimate of drug-likeness (QED) is 0.844. The van der Waals surface area contributed by atoms with Crippen LogP contribution in [0.25, 0.3) is 0 Å². The lowest BCUT2D eigenvalue weighted by molar-refractivity contribution is 0.223. The lowest BCUT2D eigenvalue weighted by Gasteiger charge is -2.11. The van der Waals surface area contributed by atoms with Gasteiger partial charge in [-0.05, 0) is 41.1 Å². The molecule has 0 saturated carbocycles. The zero-order chi connectivity index (χ0) is 12.6. The number of hydrogen-bond donors (Lipinski definition) is 1. The average Bonchev–Trinajstić information content (AvgIpc) is 2.57. The van der Waals surface area contributed by atoms with Gasteiger partial charge in [0.25, 0.3) is 0 Å². The Labute approximate surface area is 116 Å². The van der Waals surface area contributed by atoms with Crippen LogP contribution in [0, 0.1) is 12.7 Å². The molecule has 0 aliphatic carbocycles. The van der Waals surface area contributed by atoms with E-state index in [0.717, 1.165) is 14.2 Å². The Hall–Kier alpha value is -0.420. The fourth-order valence-electron chi connectivity index (χ4n) is 1.55. The lowest BCUT2D eigenvalue weighted by atomic mass is 10.1. The molecule has 1 aromatic heterocycles. The van der Waals surface area contributed by atoms with Crippen molar-refractivity contribution < 1.29 is 9.50 Å². The van der Waals surface area contributed by atoms with Crippen LogP contribution in [0.5, 0.6) is 0 Å². The first kappa shape index (κ1) is 13.0. The van der Waals surface area contributed by atoms with Gasteiger partial charge < -0.3 is 5.11 Å². The van der Waals surface area contributed by atoms with Gasteiger partial charge in [-0.25, -0.2) is 4.39 Å². The van der Waals surface area contributed by atoms with Gasteiger partial charge in [0.2, 0.25) is 0 Å². The molecule has 0 aliphatic heterocycles. The van der Waals surface area contributed by atoms with Crippen LogP contribution >= 0.6 is 38.9 Å². The summed E-state index contributed by atoms with van der Waals surface area (Å²) in [6.45, 7) is 1.96. The van der Waals surface area contributed by atoms with Crippen LogP contribution in [-0.2, 0) is 0 Å². The molecule has 1 N–H and O–H groups in total. The summed E-state index contributed by atoms with van der Waals surface area (Å²) in [4.78, 5) is 1.86. The van der Waals surface area contributed by atoms with Crippen LogP contribution < -0.4 is 0 Å². The van der Waals surface area contributed by atoms with Gasteiger partial charge in [-0.2, -0.15) is 0 Å². The molecule has 0 bridgehead atoms. The molecule has 1 nitrogen and oxygen atoms in total. The summed E-state index contributed by atoms with van der Waals surface area (Å²) in [7, 11) is 0. The van der Waals surface area contributed by atoms with Gasteiger partial charge in [-0.1, -0.05) is 17.7 Å². The normalized spacial score (nSPS) is 12.8. The van der Waals surface area contributed by atoms with Crippen molar-refractivity contribution in [3.63, 3.8) is 0 Å². The van der Waals surface area contributed by atoms with Crippen molar-refractivity contribution in [1.82, 2.24) is 0 Å². The Morgan fingerprint density at radius 2 is 2.12 bits per heavy atom. The highest BCUT2D eigenvalue weighted by Gasteiger charge is 2.19. The van der Waals surface area contributed by atoms with Crippen LogP contribution in [0.15, 0.2) is 28.7 Å². The van der Waals surface area contributed by atoms with Gasteiger partial charge in [0, 0.05) is 19.9 Å². The number of hydrogen-bond acceptors (Lipinski definition) is 2. The fraction of sp³-hybridized carbons (Fsp3) is 0.167. The number of benzene rings is 1. The second kappa shape index (κ2) is 5.06. The topological polar surface area (TPSA) is 20.2 Å². The lowest BCUT2D eigenvalue weighted by Crippen LogP contribution is -1.99. The van der Waals surface area contributed by atoms with E-state index >= 15 is 0 Å². The molecule has 0 spiro atoms. The van der Waals surface area contributed by atoms with Crippen LogP contribution in [-0.4, -0.2) is 5.11 Å². The molecular weight excluding hydrogens is 327 g/mol. The minimum absolute atomic E-state index is 0.232. The molecule has 0 amide bonds. The van der Waals surface area contributed by atoms with Crippen molar-refractivity contribution in [3.8, 4) is 0 Å². The average molecular weight is 336 g/mol. The Bertz CT molecular complexity index is 555. The van der Waals surface area contributed by atoms with Crippen molar-refractivity contribution in [1.29, 1.82) is 0 Å². The number of aliphatic hydroxyl groups is 1. The third kappa shape index (κ3) is 2.71. The largest absolute Gasteiger partial charge is 0.383 e. The Morgan fingerprint density at radius 3 is 2.65 bits per heavy atom. The van der Waals surface area contributed by atoms with E-state index in [1.807, 2.05) is 13.0 Å². The Morgan fingerprint density at radius 1 is 1.41 bits per heavy atom. The molecule has 1 heterocycles. The number of aryl methyl sites for hydroxylation is 1. The second-order valence-corrected chi connectivity index (χ2v) is 6.19. The van der Waals surface area contributed by atoms with E-state index in [1.165, 1.54) is 29.5 Å². The second-order valence-electron chi connectivity index (χ2n) is 3.64. The van der Waals surface area contributed by atoms with Crippen molar-refractivity contribution >= 4 is 38.9 Å². The van der Waals surface area contributed by atoms with Crippen LogP contribution in [0.1, 0.15) is 21.4 Å². The zero-order valence-corrected chi connectivity index (χ0v) is 12.0. The standard InChI is InChI=1S/C12H9BrClFOS/c1-6-4-9(13)12(17-6)11(16)8-3-2-7(15)5-10(8)14/h2-5,11,16H,1H3. The predicted octanol–water partition coefficient (Wildman–Crippen LogP) is 4.69. The van der Waals surface area contributed by atoms with Gasteiger partial charge in [0.15, 0.2) is 0 Å². The first-order chi connectivity index (χ1) is 7.99. The summed E-state index contributed by atoms with van der Waals surface area (Å²) in [5, 5.41) is 10.5. The molecule has 0 radical (unpaired) electrons. The summed E-state index contributed by atoms with van der Waals surface area (Å²) >= 11 is 10.8. The molecule has 5 heteroatoms. The highest BCUT2D eigenvalue weighted by atomic mass is 79.9. The Kier molecular flexibility index (Phi) is 3.88. The highest BCUT2D eigenvalue weighted by Crippen LogP contribution is 2.37. The maximum atomic E-state index is 12.9. The van der Waals surface area contributed by atoms with E-state index in [9.17, 15) is 9.50 Å². The summed E-state index contributed by atoms with van der Waals surface area (Å²) in [5.74, 6) is -0.410. The van der Waals surface area contributed by atoms with E-state index in [0.29, 0.717) is 5.56 Å². The van der Waals surface area contributed by atoms with E-state index in [2.05, 4.69) is 15.9 Å². The van der Waals surface area contributed by atoms with Gasteiger partial charge in [0.05, 0.1) is 4.88 Å². The smallest absolute Gasteiger partial charge is 0.124 e. The molecule has 2 aromatic rings. The molecule has 1 atom stereocenters. The summed E-state index contributed by atoms with van der Waals surface area (Å²) < 4.78 is 13.8. The minimum Gasteiger partial charge on any atom is -0.383 e. The maximum absolute atomic E-state index is 12.9. The van der Waals surface area contributed by atoms with E-state index < -0.39 is 11.9 Å². The molecule has 1 aromatic carbocycles. The summed E-state index contributed by atoms with van der Waals surface area (Å²) in [5.41, 5.74) is 0.510. The third-order valence-corrected chi connectivity index (χ3v) is 4.69. The highest BCUT2D eigenvalue weighted by molar-refractivity contribution is 9.10. The number of aliphatic hydroxyl groups excluding tert-OH is 1. The van der Waals surface area contributed by atoms with Crippen LogP contribution in [0.2, 0.25) is 5.02 Å². The minimum atomic E-state index is -0.837. The molecule has 0 saturated heterocycles. The number of rotatable bonds is 2. The summed E-state index contributed by atoms with van der Waals surface area (Å²) in [6.07, 6.45) is -0.837. The Balaban J connectivity index is 2.43. The third-order valence-electron chi connectivity index (χ3n) is 2.34. The molecule has 17 heavy (non-hydrogen) atoms. The predicted molar refractivity (Wildman–Crippen MR) is 72.2 cm³/mol. The van der Waals surface area contributed by atoms with E-state index in [4.69, 9.17) is 11.6 Å². The SMILES string of the molecule is Cc1cc(Br)c(C(O)c2ccc(F)cc2Cl)s1. The van der Waals surface area contributed by atoms with Gasteiger partial charge in [-0.15, -0.1) is 11.3 Å². The monoisotopic (exact) mass is 334 g/mol. The van der Waals surface area contributed by atoms with Crippen LogP contribution in [0.3, 0.4) is 0 Å². The first-order valence-corrected chi connectivity index (χ1v) is 6.86. The van der Waals surface area contributed by atoms with Crippen molar-refractivity contribution in [3.05, 3.63) is 54.9 Å².